The Kier molecular flexibility index (Phi) is 7.18. The Labute approximate surface area is 198 Å². The van der Waals surface area contributed by atoms with Crippen LogP contribution in [0.3, 0.4) is 0 Å². The number of fused-ring (bicyclic) bond motifs is 1. The summed E-state index contributed by atoms with van der Waals surface area (Å²) < 4.78 is 6.00. The van der Waals surface area contributed by atoms with Crippen LogP contribution in [-0.2, 0) is 12.8 Å². The number of aliphatic hydroxyl groups excluding tert-OH is 1. The van der Waals surface area contributed by atoms with Gasteiger partial charge in [-0.3, -0.25) is 0 Å². The predicted octanol–water partition coefficient (Wildman–Crippen LogP) is 5.05. The summed E-state index contributed by atoms with van der Waals surface area (Å²) in [6, 6.07) is 18.4. The third-order valence-corrected chi connectivity index (χ3v) is 6.15. The number of hydrogen-bond donors (Lipinski definition) is 4. The van der Waals surface area contributed by atoms with Crippen LogP contribution < -0.4 is 15.4 Å². The zero-order valence-corrected chi connectivity index (χ0v) is 19.1. The van der Waals surface area contributed by atoms with E-state index >= 15 is 0 Å². The van der Waals surface area contributed by atoms with Crippen LogP contribution in [0, 0.1) is 0 Å². The molecule has 4 rings (SSSR count). The molecule has 0 amide bonds. The molecule has 0 aliphatic heterocycles. The summed E-state index contributed by atoms with van der Waals surface area (Å²) in [5.41, 5.74) is 4.11. The topological polar surface area (TPSA) is 90.8 Å². The number of carbonyl (C=O) groups is 1. The van der Waals surface area contributed by atoms with Gasteiger partial charge in [-0.2, -0.15) is 0 Å². The van der Waals surface area contributed by atoms with Crippen molar-refractivity contribution >= 4 is 23.3 Å². The second-order valence-electron chi connectivity index (χ2n) is 8.25. The Hall–Kier alpha value is -3.06. The monoisotopic (exact) mass is 466 g/mol. The molecule has 3 aromatic carbocycles. The second kappa shape index (κ2) is 10.3. The minimum atomic E-state index is -1.00. The first-order valence-electron chi connectivity index (χ1n) is 10.9. The number of halogens is 1. The quantitative estimate of drug-likeness (QED) is 0.371. The van der Waals surface area contributed by atoms with Crippen molar-refractivity contribution in [2.75, 3.05) is 18.9 Å². The first-order valence-corrected chi connectivity index (χ1v) is 11.3. The van der Waals surface area contributed by atoms with Crippen molar-refractivity contribution in [2.24, 2.45) is 0 Å². The second-order valence-corrected chi connectivity index (χ2v) is 8.69. The van der Waals surface area contributed by atoms with E-state index in [4.69, 9.17) is 16.3 Å². The average Bonchev–Trinajstić information content (AvgIpc) is 2.82. The van der Waals surface area contributed by atoms with Gasteiger partial charge in [0.2, 0.25) is 0 Å². The molecule has 0 saturated heterocycles. The average molecular weight is 467 g/mol. The highest BCUT2D eigenvalue weighted by Gasteiger charge is 2.20. The van der Waals surface area contributed by atoms with Crippen LogP contribution in [0.15, 0.2) is 60.7 Å². The van der Waals surface area contributed by atoms with Gasteiger partial charge < -0.3 is 25.6 Å². The molecular formula is C26H27ClN2O4. The van der Waals surface area contributed by atoms with E-state index < -0.39 is 12.1 Å². The summed E-state index contributed by atoms with van der Waals surface area (Å²) in [5, 5.41) is 26.9. The number of benzene rings is 3. The van der Waals surface area contributed by atoms with E-state index in [1.165, 1.54) is 17.2 Å². The van der Waals surface area contributed by atoms with Crippen LogP contribution in [0.2, 0.25) is 5.02 Å². The van der Waals surface area contributed by atoms with Crippen LogP contribution in [0.4, 0.5) is 5.69 Å². The Morgan fingerprint density at radius 3 is 2.73 bits per heavy atom. The van der Waals surface area contributed by atoms with Crippen molar-refractivity contribution in [2.45, 2.75) is 31.4 Å². The van der Waals surface area contributed by atoms with E-state index in [1.807, 2.05) is 24.3 Å². The number of rotatable bonds is 8. The maximum Gasteiger partial charge on any atom is 0.335 e. The molecule has 2 atom stereocenters. The molecule has 0 aromatic heterocycles. The van der Waals surface area contributed by atoms with Crippen LogP contribution in [0.25, 0.3) is 0 Å². The number of anilines is 1. The van der Waals surface area contributed by atoms with Crippen molar-refractivity contribution in [3.63, 3.8) is 0 Å². The van der Waals surface area contributed by atoms with E-state index in [9.17, 15) is 15.0 Å². The lowest BCUT2D eigenvalue weighted by Gasteiger charge is -2.27. The van der Waals surface area contributed by atoms with Gasteiger partial charge in [0.1, 0.15) is 11.5 Å². The standard InChI is InChI=1S/C26H27ClN2O4/c1-28-22-11-19(26(31)32)13-24(14-22)33-23-8-6-16-5-7-21(10-18(16)12-23)29-15-25(30)17-3-2-4-20(27)9-17/h2-4,6,8-9,11-14,21,25,28-30H,5,7,10,15H2,1H3,(H,31,32)/t21-,25-/m0/s1. The van der Waals surface area contributed by atoms with Gasteiger partial charge in [0.15, 0.2) is 0 Å². The fourth-order valence-electron chi connectivity index (χ4n) is 4.14. The number of ether oxygens (including phenoxy) is 1. The molecule has 3 aromatic rings. The predicted molar refractivity (Wildman–Crippen MR) is 130 cm³/mol. The summed E-state index contributed by atoms with van der Waals surface area (Å²) in [6.45, 7) is 0.450. The molecule has 0 spiro atoms. The lowest BCUT2D eigenvalue weighted by atomic mass is 9.88. The fourth-order valence-corrected chi connectivity index (χ4v) is 4.34. The number of aliphatic hydroxyl groups is 1. The largest absolute Gasteiger partial charge is 0.478 e. The molecule has 0 radical (unpaired) electrons. The van der Waals surface area contributed by atoms with Gasteiger partial charge in [-0.25, -0.2) is 4.79 Å². The van der Waals surface area contributed by atoms with Crippen molar-refractivity contribution in [1.29, 1.82) is 0 Å². The number of aryl methyl sites for hydroxylation is 1. The van der Waals surface area contributed by atoms with Crippen molar-refractivity contribution in [1.82, 2.24) is 5.32 Å². The van der Waals surface area contributed by atoms with Gasteiger partial charge in [-0.1, -0.05) is 29.8 Å². The molecule has 0 bridgehead atoms. The number of carboxylic acid groups (broad SMARTS) is 1. The molecule has 172 valence electrons. The van der Waals surface area contributed by atoms with Crippen LogP contribution >= 0.6 is 11.6 Å². The Balaban J connectivity index is 1.42. The summed E-state index contributed by atoms with van der Waals surface area (Å²) >= 11 is 6.03. The third-order valence-electron chi connectivity index (χ3n) is 5.92. The van der Waals surface area contributed by atoms with Gasteiger partial charge in [0, 0.05) is 36.4 Å². The molecule has 6 nitrogen and oxygen atoms in total. The fraction of sp³-hybridized carbons (Fsp3) is 0.269. The van der Waals surface area contributed by atoms with Crippen LogP contribution in [0.1, 0.15) is 39.6 Å². The van der Waals surface area contributed by atoms with E-state index in [0.29, 0.717) is 28.8 Å². The van der Waals surface area contributed by atoms with Gasteiger partial charge in [-0.15, -0.1) is 0 Å². The highest BCUT2D eigenvalue weighted by molar-refractivity contribution is 6.30. The van der Waals surface area contributed by atoms with Crippen molar-refractivity contribution < 1.29 is 19.7 Å². The Bertz CT molecular complexity index is 1150. The lowest BCUT2D eigenvalue weighted by Crippen LogP contribution is -2.37. The Morgan fingerprint density at radius 2 is 1.97 bits per heavy atom. The Morgan fingerprint density at radius 1 is 1.12 bits per heavy atom. The third kappa shape index (κ3) is 5.85. The zero-order valence-electron chi connectivity index (χ0n) is 18.3. The highest BCUT2D eigenvalue weighted by Crippen LogP contribution is 2.31. The van der Waals surface area contributed by atoms with E-state index in [-0.39, 0.29) is 11.6 Å². The molecule has 33 heavy (non-hydrogen) atoms. The normalized spacial score (nSPS) is 16.0. The van der Waals surface area contributed by atoms with Crippen LogP contribution in [0.5, 0.6) is 11.5 Å². The van der Waals surface area contributed by atoms with Gasteiger partial charge >= 0.3 is 5.97 Å². The highest BCUT2D eigenvalue weighted by atomic mass is 35.5. The summed E-state index contributed by atoms with van der Waals surface area (Å²) in [4.78, 5) is 11.4. The first-order chi connectivity index (χ1) is 15.9. The number of carboxylic acids is 1. The molecule has 0 fully saturated rings. The number of hydrogen-bond acceptors (Lipinski definition) is 5. The maximum absolute atomic E-state index is 11.4. The van der Waals surface area contributed by atoms with E-state index in [0.717, 1.165) is 24.8 Å². The molecule has 0 saturated carbocycles. The summed E-state index contributed by atoms with van der Waals surface area (Å²) in [7, 11) is 1.74. The number of nitrogens with one attached hydrogen (secondary N) is 2. The van der Waals surface area contributed by atoms with Crippen molar-refractivity contribution in [3.8, 4) is 11.5 Å². The smallest absolute Gasteiger partial charge is 0.335 e. The van der Waals surface area contributed by atoms with Crippen molar-refractivity contribution in [3.05, 3.63) is 87.9 Å². The van der Waals surface area contributed by atoms with Gasteiger partial charge in [0.25, 0.3) is 0 Å². The first kappa shape index (κ1) is 23.1. The summed E-state index contributed by atoms with van der Waals surface area (Å²) in [5.74, 6) is 0.128. The lowest BCUT2D eigenvalue weighted by molar-refractivity contribution is 0.0696. The van der Waals surface area contributed by atoms with E-state index in [1.54, 1.807) is 31.3 Å². The molecular weight excluding hydrogens is 440 g/mol. The van der Waals surface area contributed by atoms with E-state index in [2.05, 4.69) is 16.7 Å². The minimum absolute atomic E-state index is 0.164. The summed E-state index contributed by atoms with van der Waals surface area (Å²) in [6.07, 6.45) is 2.13. The molecule has 4 N–H and O–H groups in total. The number of aromatic carboxylic acids is 1. The molecule has 1 aliphatic carbocycles. The SMILES string of the molecule is CNc1cc(Oc2ccc3c(c2)C[C@@H](NC[C@H](O)c2cccc(Cl)c2)CC3)cc(C(=O)O)c1. The van der Waals surface area contributed by atoms with Crippen LogP contribution in [-0.4, -0.2) is 35.8 Å². The molecule has 0 unspecified atom stereocenters. The molecule has 1 aliphatic rings. The van der Waals surface area contributed by atoms with Gasteiger partial charge in [0.05, 0.1) is 11.7 Å². The van der Waals surface area contributed by atoms with Gasteiger partial charge in [-0.05, 0) is 72.4 Å². The zero-order chi connectivity index (χ0) is 23.4. The molecule has 7 heteroatoms. The molecule has 0 heterocycles. The minimum Gasteiger partial charge on any atom is -0.478 e. The maximum atomic E-state index is 11.4.